The van der Waals surface area contributed by atoms with E-state index in [1.165, 1.54) is 0 Å². The normalized spacial score (nSPS) is 11.3. The predicted octanol–water partition coefficient (Wildman–Crippen LogP) is 1.18. The minimum atomic E-state index is -0.764. The van der Waals surface area contributed by atoms with Gasteiger partial charge in [0.05, 0.1) is 0 Å². The lowest BCUT2D eigenvalue weighted by molar-refractivity contribution is -0.115. The fourth-order valence-corrected chi connectivity index (χ4v) is 0.0315. The summed E-state index contributed by atoms with van der Waals surface area (Å²) in [7, 11) is 0. The van der Waals surface area contributed by atoms with Gasteiger partial charge in [-0.3, -0.25) is 4.39 Å². The van der Waals surface area contributed by atoms with Gasteiger partial charge in [0.1, 0.15) is 13.0 Å². The van der Waals surface area contributed by atoms with E-state index in [1.807, 2.05) is 0 Å². The van der Waals surface area contributed by atoms with Gasteiger partial charge in [-0.2, -0.15) is 0 Å². The maximum atomic E-state index is 11.5. The number of alkyl halides is 1. The first-order valence-corrected chi connectivity index (χ1v) is 2.15. The lowest BCUT2D eigenvalue weighted by atomic mass is 9.99. The molecule has 0 fully saturated rings. The zero-order chi connectivity index (χ0) is 5.91. The molecule has 2 heteroatoms. The molecule has 0 aliphatic heterocycles. The van der Waals surface area contributed by atoms with Crippen LogP contribution in [0.3, 0.4) is 0 Å². The first kappa shape index (κ1) is 6.60. The van der Waals surface area contributed by atoms with E-state index in [0.29, 0.717) is 6.29 Å². The van der Waals surface area contributed by atoms with Crippen LogP contribution < -0.4 is 0 Å². The Hall–Kier alpha value is -0.400. The van der Waals surface area contributed by atoms with Gasteiger partial charge < -0.3 is 4.79 Å². The third-order valence-corrected chi connectivity index (χ3v) is 0.663. The first-order chi connectivity index (χ1) is 3.12. The van der Waals surface area contributed by atoms with E-state index in [9.17, 15) is 9.18 Å². The summed E-state index contributed by atoms with van der Waals surface area (Å²) in [5, 5.41) is 0. The van der Waals surface area contributed by atoms with Crippen LogP contribution in [-0.2, 0) is 4.79 Å². The van der Waals surface area contributed by atoms with Crippen LogP contribution in [0.4, 0.5) is 4.39 Å². The molecule has 0 unspecified atom stereocenters. The minimum absolute atomic E-state index is 0.573. The van der Waals surface area contributed by atoms with Crippen molar-refractivity contribution in [2.75, 3.05) is 6.67 Å². The lowest BCUT2D eigenvalue weighted by Crippen LogP contribution is -2.14. The molecule has 0 saturated carbocycles. The van der Waals surface area contributed by atoms with Crippen molar-refractivity contribution in [2.24, 2.45) is 5.41 Å². The second-order valence-electron chi connectivity index (χ2n) is 2.24. The molecule has 0 aromatic rings. The smallest absolute Gasteiger partial charge is 0.128 e. The highest BCUT2D eigenvalue weighted by Gasteiger charge is 2.14. The highest BCUT2D eigenvalue weighted by Crippen LogP contribution is 2.09. The van der Waals surface area contributed by atoms with Crippen LogP contribution in [-0.4, -0.2) is 13.0 Å². The highest BCUT2D eigenvalue weighted by molar-refractivity contribution is 5.57. The molecule has 42 valence electrons. The van der Waals surface area contributed by atoms with E-state index in [1.54, 1.807) is 13.8 Å². The Bertz CT molecular complexity index is 68.5. The summed E-state index contributed by atoms with van der Waals surface area (Å²) in [6.07, 6.45) is 0.618. The molecule has 0 spiro atoms. The number of halogens is 1. The molecule has 7 heavy (non-hydrogen) atoms. The minimum Gasteiger partial charge on any atom is -0.303 e. The van der Waals surface area contributed by atoms with Crippen molar-refractivity contribution in [3.05, 3.63) is 0 Å². The van der Waals surface area contributed by atoms with Crippen LogP contribution in [0.25, 0.3) is 0 Å². The molecule has 0 N–H and O–H groups in total. The van der Waals surface area contributed by atoms with E-state index in [-0.39, 0.29) is 0 Å². The van der Waals surface area contributed by atoms with Crippen LogP contribution >= 0.6 is 0 Å². The van der Waals surface area contributed by atoms with Crippen LogP contribution in [0.5, 0.6) is 0 Å². The molecular weight excluding hydrogens is 95.1 g/mol. The van der Waals surface area contributed by atoms with Gasteiger partial charge in [-0.15, -0.1) is 0 Å². The Morgan fingerprint density at radius 3 is 2.14 bits per heavy atom. The lowest BCUT2D eigenvalue weighted by Gasteiger charge is -2.07. The van der Waals surface area contributed by atoms with Crippen LogP contribution in [0, 0.1) is 5.41 Å². The second-order valence-corrected chi connectivity index (χ2v) is 2.24. The van der Waals surface area contributed by atoms with Gasteiger partial charge in [0.25, 0.3) is 0 Å². The second kappa shape index (κ2) is 2.05. The van der Waals surface area contributed by atoms with Crippen molar-refractivity contribution in [1.82, 2.24) is 0 Å². The standard InChI is InChI=1S/C5H9FO/c1-5(2,3-6)4-7/h4H,3H2,1-2H3. The summed E-state index contributed by atoms with van der Waals surface area (Å²) in [5.74, 6) is 0. The Morgan fingerprint density at radius 2 is 2.14 bits per heavy atom. The van der Waals surface area contributed by atoms with E-state index < -0.39 is 12.1 Å². The fraction of sp³-hybridized carbons (Fsp3) is 0.800. The number of carbonyl (C=O) groups excluding carboxylic acids is 1. The van der Waals surface area contributed by atoms with Crippen molar-refractivity contribution >= 4 is 6.29 Å². The van der Waals surface area contributed by atoms with E-state index in [4.69, 9.17) is 0 Å². The quantitative estimate of drug-likeness (QED) is 0.481. The molecule has 0 aliphatic carbocycles. The van der Waals surface area contributed by atoms with Gasteiger partial charge in [0.2, 0.25) is 0 Å². The van der Waals surface area contributed by atoms with E-state index in [2.05, 4.69) is 0 Å². The van der Waals surface area contributed by atoms with Gasteiger partial charge in [-0.1, -0.05) is 13.8 Å². The number of hydrogen-bond donors (Lipinski definition) is 0. The van der Waals surface area contributed by atoms with Crippen molar-refractivity contribution in [1.29, 1.82) is 0 Å². The largest absolute Gasteiger partial charge is 0.303 e. The van der Waals surface area contributed by atoms with Crippen LogP contribution in [0.15, 0.2) is 0 Å². The van der Waals surface area contributed by atoms with Gasteiger partial charge in [-0.05, 0) is 0 Å². The summed E-state index contributed by atoms with van der Waals surface area (Å²) in [6, 6.07) is 0. The van der Waals surface area contributed by atoms with Crippen molar-refractivity contribution in [2.45, 2.75) is 13.8 Å². The number of hydrogen-bond acceptors (Lipinski definition) is 1. The van der Waals surface area contributed by atoms with Crippen LogP contribution in [0.2, 0.25) is 0 Å². The summed E-state index contributed by atoms with van der Waals surface area (Å²) in [6.45, 7) is 2.54. The van der Waals surface area contributed by atoms with E-state index >= 15 is 0 Å². The zero-order valence-electron chi connectivity index (χ0n) is 4.57. The molecule has 0 amide bonds. The molecule has 0 atom stereocenters. The Labute approximate surface area is 42.5 Å². The average molecular weight is 104 g/mol. The van der Waals surface area contributed by atoms with Crippen molar-refractivity contribution in [3.63, 3.8) is 0 Å². The third kappa shape index (κ3) is 2.31. The van der Waals surface area contributed by atoms with Crippen LogP contribution in [0.1, 0.15) is 13.8 Å². The Morgan fingerprint density at radius 1 is 1.71 bits per heavy atom. The summed E-state index contributed by atoms with van der Waals surface area (Å²) >= 11 is 0. The molecule has 0 bridgehead atoms. The molecule has 0 rings (SSSR count). The molecule has 0 saturated heterocycles. The predicted molar refractivity (Wildman–Crippen MR) is 25.8 cm³/mol. The van der Waals surface area contributed by atoms with Gasteiger partial charge >= 0.3 is 0 Å². The molecule has 0 aromatic carbocycles. The number of carbonyl (C=O) groups is 1. The van der Waals surface area contributed by atoms with E-state index in [0.717, 1.165) is 0 Å². The molecular formula is C5H9FO. The molecule has 0 aliphatic rings. The maximum absolute atomic E-state index is 11.5. The number of rotatable bonds is 2. The third-order valence-electron chi connectivity index (χ3n) is 0.663. The van der Waals surface area contributed by atoms with Gasteiger partial charge in [-0.25, -0.2) is 0 Å². The van der Waals surface area contributed by atoms with Crippen molar-refractivity contribution in [3.8, 4) is 0 Å². The average Bonchev–Trinajstić information content (AvgIpc) is 1.68. The molecule has 0 heterocycles. The summed E-state index contributed by atoms with van der Waals surface area (Å²) in [4.78, 5) is 9.82. The number of aldehydes is 1. The van der Waals surface area contributed by atoms with Crippen molar-refractivity contribution < 1.29 is 9.18 Å². The molecule has 0 radical (unpaired) electrons. The fourth-order valence-electron chi connectivity index (χ4n) is 0.0315. The Kier molecular flexibility index (Phi) is 1.93. The first-order valence-electron chi connectivity index (χ1n) is 2.15. The van der Waals surface area contributed by atoms with Gasteiger partial charge in [0, 0.05) is 5.41 Å². The molecule has 0 aromatic heterocycles. The monoisotopic (exact) mass is 104 g/mol. The highest BCUT2D eigenvalue weighted by atomic mass is 19.1. The van der Waals surface area contributed by atoms with Gasteiger partial charge in [0.15, 0.2) is 0 Å². The zero-order valence-corrected chi connectivity index (χ0v) is 4.57. The summed E-state index contributed by atoms with van der Waals surface area (Å²) < 4.78 is 11.5. The Balaban J connectivity index is 3.58. The summed E-state index contributed by atoms with van der Waals surface area (Å²) in [5.41, 5.74) is -0.764. The SMILES string of the molecule is CC(C)(C=O)CF. The maximum Gasteiger partial charge on any atom is 0.128 e. The topological polar surface area (TPSA) is 17.1 Å². The molecule has 1 nitrogen and oxygen atoms in total.